The van der Waals surface area contributed by atoms with Crippen LogP contribution in [0.1, 0.15) is 17.5 Å². The van der Waals surface area contributed by atoms with Crippen LogP contribution in [0.3, 0.4) is 0 Å². The highest BCUT2D eigenvalue weighted by atomic mass is 16.6. The van der Waals surface area contributed by atoms with Crippen molar-refractivity contribution in [2.24, 2.45) is 5.16 Å². The molecule has 1 unspecified atom stereocenters. The van der Waals surface area contributed by atoms with E-state index in [1.165, 1.54) is 0 Å². The number of carbonyl (C=O) groups excluding carboxylic acids is 2. The van der Waals surface area contributed by atoms with Crippen molar-refractivity contribution in [3.63, 3.8) is 0 Å². The molecule has 3 aliphatic heterocycles. The van der Waals surface area contributed by atoms with E-state index in [-0.39, 0.29) is 24.5 Å². The molecule has 1 saturated heterocycles. The van der Waals surface area contributed by atoms with Gasteiger partial charge in [0, 0.05) is 35.1 Å². The highest BCUT2D eigenvalue weighted by Crippen LogP contribution is 2.38. The van der Waals surface area contributed by atoms with Gasteiger partial charge in [-0.3, -0.25) is 9.59 Å². The number of amides is 2. The summed E-state index contributed by atoms with van der Waals surface area (Å²) in [5, 5.41) is 16.6. The van der Waals surface area contributed by atoms with Gasteiger partial charge < -0.3 is 26.1 Å². The minimum Gasteiger partial charge on any atom is -0.385 e. The molecule has 2 aromatic carbocycles. The Morgan fingerprint density at radius 3 is 2.57 bits per heavy atom. The number of fused-ring (bicyclic) bond motifs is 2. The standard InChI is InChI=1S/C22H21N5O3/c28-18(24-13-9-10-23-11-13)12-30-27-20-15-6-2-4-8-17(15)25-21(20)19-14-5-1-3-7-16(14)26-22(19)29/h1-8,13,23,25H,9-12H2,(H,24,28)(H,26,29)/b21-19-,27-20+. The van der Waals surface area contributed by atoms with Gasteiger partial charge in [-0.1, -0.05) is 41.6 Å². The Hall–Kier alpha value is -3.65. The fourth-order valence-corrected chi connectivity index (χ4v) is 3.97. The van der Waals surface area contributed by atoms with Crippen LogP contribution in [-0.4, -0.2) is 43.3 Å². The maximum absolute atomic E-state index is 12.7. The van der Waals surface area contributed by atoms with Gasteiger partial charge in [0.25, 0.3) is 11.8 Å². The van der Waals surface area contributed by atoms with Gasteiger partial charge in [-0.15, -0.1) is 0 Å². The summed E-state index contributed by atoms with van der Waals surface area (Å²) >= 11 is 0. The number of rotatable bonds is 4. The number of anilines is 2. The van der Waals surface area contributed by atoms with Crippen LogP contribution in [0.4, 0.5) is 11.4 Å². The minimum atomic E-state index is -0.217. The van der Waals surface area contributed by atoms with Crippen molar-refractivity contribution in [1.82, 2.24) is 10.6 Å². The smallest absolute Gasteiger partial charge is 0.261 e. The highest BCUT2D eigenvalue weighted by Gasteiger charge is 2.34. The van der Waals surface area contributed by atoms with Crippen LogP contribution in [0.25, 0.3) is 5.57 Å². The SMILES string of the molecule is O=C(CO/N=C1/C(=C2/C(=O)Nc3ccccc32)Nc2ccccc21)NC1CCNC1. The third kappa shape index (κ3) is 3.31. The zero-order valence-corrected chi connectivity index (χ0v) is 16.2. The second-order valence-corrected chi connectivity index (χ2v) is 7.39. The Morgan fingerprint density at radius 1 is 1.07 bits per heavy atom. The van der Waals surface area contributed by atoms with E-state index in [9.17, 15) is 9.59 Å². The molecule has 0 spiro atoms. The lowest BCUT2D eigenvalue weighted by molar-refractivity contribution is -0.126. The molecule has 2 aromatic rings. The molecule has 1 fully saturated rings. The Kier molecular flexibility index (Phi) is 4.68. The van der Waals surface area contributed by atoms with Crippen molar-refractivity contribution >= 4 is 34.5 Å². The molecule has 3 aliphatic rings. The second-order valence-electron chi connectivity index (χ2n) is 7.39. The first-order valence-electron chi connectivity index (χ1n) is 9.92. The topological polar surface area (TPSA) is 104 Å². The van der Waals surface area contributed by atoms with Crippen molar-refractivity contribution in [1.29, 1.82) is 0 Å². The van der Waals surface area contributed by atoms with Gasteiger partial charge in [0.1, 0.15) is 5.71 Å². The maximum atomic E-state index is 12.7. The van der Waals surface area contributed by atoms with Gasteiger partial charge in [0.15, 0.2) is 6.61 Å². The molecule has 1 atom stereocenters. The number of allylic oxidation sites excluding steroid dienone is 1. The molecule has 5 rings (SSSR count). The molecule has 2 amide bonds. The molecule has 0 bridgehead atoms. The van der Waals surface area contributed by atoms with Crippen molar-refractivity contribution in [3.8, 4) is 0 Å². The Bertz CT molecular complexity index is 1090. The van der Waals surface area contributed by atoms with Crippen LogP contribution in [0.15, 0.2) is 59.4 Å². The summed E-state index contributed by atoms with van der Waals surface area (Å²) in [7, 11) is 0. The molecule has 30 heavy (non-hydrogen) atoms. The summed E-state index contributed by atoms with van der Waals surface area (Å²) in [5.41, 5.74) is 4.79. The molecule has 8 nitrogen and oxygen atoms in total. The zero-order valence-electron chi connectivity index (χ0n) is 16.2. The summed E-state index contributed by atoms with van der Waals surface area (Å²) in [6.07, 6.45) is 0.905. The normalized spacial score (nSPS) is 23.0. The average molecular weight is 403 g/mol. The summed E-state index contributed by atoms with van der Waals surface area (Å²) in [5.74, 6) is -0.420. The molecule has 8 heteroatoms. The predicted octanol–water partition coefficient (Wildman–Crippen LogP) is 1.67. The predicted molar refractivity (Wildman–Crippen MR) is 114 cm³/mol. The molecular formula is C22H21N5O3. The van der Waals surface area contributed by atoms with E-state index in [1.807, 2.05) is 48.5 Å². The number of hydrogen-bond acceptors (Lipinski definition) is 6. The minimum absolute atomic E-state index is 0.124. The summed E-state index contributed by atoms with van der Waals surface area (Å²) in [4.78, 5) is 30.3. The number of carbonyl (C=O) groups is 2. The van der Waals surface area contributed by atoms with Gasteiger partial charge in [-0.2, -0.15) is 0 Å². The third-order valence-corrected chi connectivity index (χ3v) is 5.38. The first-order valence-corrected chi connectivity index (χ1v) is 9.92. The fraction of sp³-hybridized carbons (Fsp3) is 0.227. The molecule has 3 heterocycles. The molecule has 0 aliphatic carbocycles. The van der Waals surface area contributed by atoms with Crippen LogP contribution < -0.4 is 21.3 Å². The van der Waals surface area contributed by atoms with Crippen LogP contribution in [0.2, 0.25) is 0 Å². The first-order chi connectivity index (χ1) is 14.7. The Labute approximate surface area is 173 Å². The lowest BCUT2D eigenvalue weighted by Gasteiger charge is -2.10. The van der Waals surface area contributed by atoms with Crippen molar-refractivity contribution in [2.75, 3.05) is 30.3 Å². The molecule has 0 radical (unpaired) electrons. The van der Waals surface area contributed by atoms with Gasteiger partial charge >= 0.3 is 0 Å². The van der Waals surface area contributed by atoms with E-state index in [0.29, 0.717) is 17.0 Å². The molecule has 0 aromatic heterocycles. The van der Waals surface area contributed by atoms with E-state index in [4.69, 9.17) is 4.84 Å². The number of nitrogens with zero attached hydrogens (tertiary/aromatic N) is 1. The zero-order chi connectivity index (χ0) is 20.5. The van der Waals surface area contributed by atoms with Gasteiger partial charge in [-0.05, 0) is 25.1 Å². The Morgan fingerprint density at radius 2 is 1.80 bits per heavy atom. The first kappa shape index (κ1) is 18.4. The van der Waals surface area contributed by atoms with Crippen molar-refractivity contribution < 1.29 is 14.4 Å². The van der Waals surface area contributed by atoms with Crippen LogP contribution >= 0.6 is 0 Å². The number of hydrogen-bond donors (Lipinski definition) is 4. The summed E-state index contributed by atoms with van der Waals surface area (Å²) < 4.78 is 0. The second kappa shape index (κ2) is 7.64. The molecule has 4 N–H and O–H groups in total. The fourth-order valence-electron chi connectivity index (χ4n) is 3.97. The van der Waals surface area contributed by atoms with E-state index >= 15 is 0 Å². The van der Waals surface area contributed by atoms with E-state index in [2.05, 4.69) is 26.4 Å². The number of nitrogens with one attached hydrogen (secondary N) is 4. The summed E-state index contributed by atoms with van der Waals surface area (Å²) in [6.45, 7) is 1.48. The number of benzene rings is 2. The average Bonchev–Trinajstić information content (AvgIpc) is 3.45. The van der Waals surface area contributed by atoms with Crippen molar-refractivity contribution in [3.05, 3.63) is 65.4 Å². The molecule has 152 valence electrons. The van der Waals surface area contributed by atoms with E-state index < -0.39 is 0 Å². The quantitative estimate of drug-likeness (QED) is 0.459. The monoisotopic (exact) mass is 403 g/mol. The summed E-state index contributed by atoms with van der Waals surface area (Å²) in [6, 6.07) is 15.3. The maximum Gasteiger partial charge on any atom is 0.261 e. The molecular weight excluding hydrogens is 382 g/mol. The van der Waals surface area contributed by atoms with E-state index in [0.717, 1.165) is 42.0 Å². The van der Waals surface area contributed by atoms with Crippen LogP contribution in [0.5, 0.6) is 0 Å². The lowest BCUT2D eigenvalue weighted by atomic mass is 10.0. The van der Waals surface area contributed by atoms with Gasteiger partial charge in [-0.25, -0.2) is 0 Å². The number of oxime groups is 1. The lowest BCUT2D eigenvalue weighted by Crippen LogP contribution is -2.38. The largest absolute Gasteiger partial charge is 0.385 e. The van der Waals surface area contributed by atoms with Gasteiger partial charge in [0.2, 0.25) is 0 Å². The van der Waals surface area contributed by atoms with Crippen LogP contribution in [0, 0.1) is 0 Å². The van der Waals surface area contributed by atoms with E-state index in [1.54, 1.807) is 0 Å². The van der Waals surface area contributed by atoms with Gasteiger partial charge in [0.05, 0.1) is 11.3 Å². The van der Waals surface area contributed by atoms with Crippen molar-refractivity contribution in [2.45, 2.75) is 12.5 Å². The number of para-hydroxylation sites is 2. The third-order valence-electron chi connectivity index (χ3n) is 5.38. The highest BCUT2D eigenvalue weighted by molar-refractivity contribution is 6.39. The Balaban J connectivity index is 1.44. The van der Waals surface area contributed by atoms with Crippen LogP contribution in [-0.2, 0) is 14.4 Å². The molecule has 0 saturated carbocycles.